The van der Waals surface area contributed by atoms with Crippen LogP contribution >= 0.6 is 0 Å². The van der Waals surface area contributed by atoms with Gasteiger partial charge in [-0.05, 0) is 55.0 Å². The van der Waals surface area contributed by atoms with Crippen molar-refractivity contribution in [3.05, 3.63) is 71.7 Å². The number of halogens is 1. The zero-order chi connectivity index (χ0) is 18.5. The molecule has 1 aromatic heterocycles. The van der Waals surface area contributed by atoms with Crippen LogP contribution in [0.15, 0.2) is 54.6 Å². The molecule has 0 aliphatic carbocycles. The number of hydrogen-bond donors (Lipinski definition) is 2. The average molecular weight is 352 g/mol. The fourth-order valence-electron chi connectivity index (χ4n) is 2.34. The fraction of sp³-hybridized carbons (Fsp3) is 0.105. The molecule has 3 aromatic rings. The van der Waals surface area contributed by atoms with Gasteiger partial charge in [-0.25, -0.2) is 4.39 Å². The van der Waals surface area contributed by atoms with Crippen molar-refractivity contribution >= 4 is 23.1 Å². The maximum atomic E-state index is 13.2. The molecule has 2 aromatic carbocycles. The monoisotopic (exact) mass is 352 g/mol. The van der Waals surface area contributed by atoms with E-state index in [1.165, 1.54) is 25.3 Å². The summed E-state index contributed by atoms with van der Waals surface area (Å²) in [4.78, 5) is 12.4. The van der Waals surface area contributed by atoms with Crippen molar-refractivity contribution in [1.82, 2.24) is 10.2 Å². The molecular formula is C19H17FN4O2. The van der Waals surface area contributed by atoms with Crippen molar-refractivity contribution in [3.63, 3.8) is 0 Å². The Kier molecular flexibility index (Phi) is 5.07. The predicted octanol–water partition coefficient (Wildman–Crippen LogP) is 3.93. The Bertz CT molecular complexity index is 929. The summed E-state index contributed by atoms with van der Waals surface area (Å²) in [5.74, 6) is 0.200. The first-order valence-corrected chi connectivity index (χ1v) is 7.87. The Morgan fingerprint density at radius 1 is 1.08 bits per heavy atom. The van der Waals surface area contributed by atoms with Crippen LogP contribution in [0, 0.1) is 12.7 Å². The van der Waals surface area contributed by atoms with Gasteiger partial charge in [0.1, 0.15) is 11.6 Å². The van der Waals surface area contributed by atoms with Gasteiger partial charge >= 0.3 is 0 Å². The summed E-state index contributed by atoms with van der Waals surface area (Å²) in [6.45, 7) is 1.92. The van der Waals surface area contributed by atoms with E-state index in [9.17, 15) is 9.18 Å². The Morgan fingerprint density at radius 3 is 2.62 bits per heavy atom. The molecule has 0 spiro atoms. The van der Waals surface area contributed by atoms with Crippen LogP contribution in [0.1, 0.15) is 16.1 Å². The zero-order valence-corrected chi connectivity index (χ0v) is 14.3. The molecule has 2 N–H and O–H groups in total. The minimum absolute atomic E-state index is 0.151. The maximum absolute atomic E-state index is 13.2. The minimum Gasteiger partial charge on any atom is -0.495 e. The highest BCUT2D eigenvalue weighted by Gasteiger charge is 2.12. The molecule has 0 fully saturated rings. The van der Waals surface area contributed by atoms with E-state index in [1.54, 1.807) is 24.3 Å². The first kappa shape index (κ1) is 17.3. The number of carbonyl (C=O) groups is 1. The summed E-state index contributed by atoms with van der Waals surface area (Å²) >= 11 is 0. The van der Waals surface area contributed by atoms with E-state index >= 15 is 0 Å². The third kappa shape index (κ3) is 4.13. The van der Waals surface area contributed by atoms with Gasteiger partial charge in [-0.2, -0.15) is 0 Å². The molecular weight excluding hydrogens is 335 g/mol. The van der Waals surface area contributed by atoms with E-state index < -0.39 is 5.91 Å². The Morgan fingerprint density at radius 2 is 1.92 bits per heavy atom. The molecule has 0 aliphatic heterocycles. The molecule has 26 heavy (non-hydrogen) atoms. The number of carbonyl (C=O) groups excluding carboxylic acids is 1. The second-order valence-electron chi connectivity index (χ2n) is 5.60. The number of methoxy groups -OCH3 is 1. The van der Waals surface area contributed by atoms with Crippen molar-refractivity contribution in [2.45, 2.75) is 6.92 Å². The van der Waals surface area contributed by atoms with Crippen molar-refractivity contribution in [1.29, 1.82) is 0 Å². The molecule has 1 amide bonds. The SMILES string of the molecule is COc1ccc(C)cc1NC(=O)c1ccc(Nc2cccc(F)c2)nn1. The summed E-state index contributed by atoms with van der Waals surface area (Å²) in [7, 11) is 1.53. The first-order chi connectivity index (χ1) is 12.5. The number of nitrogens with one attached hydrogen (secondary N) is 2. The lowest BCUT2D eigenvalue weighted by molar-refractivity contribution is 0.102. The summed E-state index contributed by atoms with van der Waals surface area (Å²) in [5.41, 5.74) is 2.24. The van der Waals surface area contributed by atoms with E-state index in [0.29, 0.717) is 22.9 Å². The normalized spacial score (nSPS) is 10.3. The molecule has 132 valence electrons. The maximum Gasteiger partial charge on any atom is 0.276 e. The summed E-state index contributed by atoms with van der Waals surface area (Å²) < 4.78 is 18.4. The van der Waals surface area contributed by atoms with Gasteiger partial charge < -0.3 is 15.4 Å². The third-order valence-electron chi connectivity index (χ3n) is 3.60. The van der Waals surface area contributed by atoms with E-state index in [4.69, 9.17) is 4.74 Å². The van der Waals surface area contributed by atoms with Crippen molar-refractivity contribution < 1.29 is 13.9 Å². The first-order valence-electron chi connectivity index (χ1n) is 7.87. The van der Waals surface area contributed by atoms with Crippen LogP contribution < -0.4 is 15.4 Å². The topological polar surface area (TPSA) is 76.1 Å². The molecule has 0 aliphatic rings. The number of nitrogens with zero attached hydrogens (tertiary/aromatic N) is 2. The molecule has 0 unspecified atom stereocenters. The predicted molar refractivity (Wildman–Crippen MR) is 97.4 cm³/mol. The Hall–Kier alpha value is -3.48. The fourth-order valence-corrected chi connectivity index (χ4v) is 2.34. The number of benzene rings is 2. The highest BCUT2D eigenvalue weighted by atomic mass is 19.1. The summed E-state index contributed by atoms with van der Waals surface area (Å²) in [6, 6.07) is 14.6. The lowest BCUT2D eigenvalue weighted by Gasteiger charge is -2.11. The van der Waals surface area contributed by atoms with Gasteiger partial charge in [0.15, 0.2) is 11.5 Å². The lowest BCUT2D eigenvalue weighted by atomic mass is 10.2. The molecule has 6 nitrogen and oxygen atoms in total. The van der Waals surface area contributed by atoms with Crippen LogP contribution in [-0.2, 0) is 0 Å². The molecule has 0 saturated carbocycles. The van der Waals surface area contributed by atoms with Crippen LogP contribution in [0.3, 0.4) is 0 Å². The van der Waals surface area contributed by atoms with Gasteiger partial charge in [0.25, 0.3) is 5.91 Å². The number of anilines is 3. The number of hydrogen-bond acceptors (Lipinski definition) is 5. The van der Waals surface area contributed by atoms with Crippen molar-refractivity contribution in [2.75, 3.05) is 17.7 Å². The molecule has 0 bridgehead atoms. The number of ether oxygens (including phenoxy) is 1. The molecule has 0 atom stereocenters. The van der Waals surface area contributed by atoms with Crippen LogP contribution in [0.2, 0.25) is 0 Å². The smallest absolute Gasteiger partial charge is 0.276 e. The third-order valence-corrected chi connectivity index (χ3v) is 3.60. The lowest BCUT2D eigenvalue weighted by Crippen LogP contribution is -2.15. The van der Waals surface area contributed by atoms with E-state index in [2.05, 4.69) is 20.8 Å². The zero-order valence-electron chi connectivity index (χ0n) is 14.3. The van der Waals surface area contributed by atoms with E-state index in [0.717, 1.165) is 5.56 Å². The van der Waals surface area contributed by atoms with Crippen molar-refractivity contribution in [3.8, 4) is 5.75 Å². The Balaban J connectivity index is 1.72. The molecule has 0 radical (unpaired) electrons. The highest BCUT2D eigenvalue weighted by molar-refractivity contribution is 6.03. The molecule has 1 heterocycles. The largest absolute Gasteiger partial charge is 0.495 e. The van der Waals surface area contributed by atoms with Crippen LogP contribution in [0.5, 0.6) is 5.75 Å². The van der Waals surface area contributed by atoms with Gasteiger partial charge in [-0.1, -0.05) is 12.1 Å². The van der Waals surface area contributed by atoms with Gasteiger partial charge in [0.2, 0.25) is 0 Å². The van der Waals surface area contributed by atoms with E-state index in [-0.39, 0.29) is 11.5 Å². The minimum atomic E-state index is -0.404. The van der Waals surface area contributed by atoms with Gasteiger partial charge in [0.05, 0.1) is 12.8 Å². The number of aromatic nitrogens is 2. The summed E-state index contributed by atoms with van der Waals surface area (Å²) in [5, 5.41) is 13.5. The highest BCUT2D eigenvalue weighted by Crippen LogP contribution is 2.25. The Labute approximate surface area is 150 Å². The second-order valence-corrected chi connectivity index (χ2v) is 5.60. The second kappa shape index (κ2) is 7.60. The molecule has 7 heteroatoms. The van der Waals surface area contributed by atoms with Crippen molar-refractivity contribution in [2.24, 2.45) is 0 Å². The van der Waals surface area contributed by atoms with Crippen LogP contribution in [-0.4, -0.2) is 23.2 Å². The van der Waals surface area contributed by atoms with Crippen LogP contribution in [0.25, 0.3) is 0 Å². The van der Waals surface area contributed by atoms with Gasteiger partial charge in [-0.15, -0.1) is 10.2 Å². The number of aryl methyl sites for hydroxylation is 1. The van der Waals surface area contributed by atoms with Gasteiger partial charge in [0, 0.05) is 5.69 Å². The van der Waals surface area contributed by atoms with E-state index in [1.807, 2.05) is 19.1 Å². The average Bonchev–Trinajstić information content (AvgIpc) is 2.62. The number of rotatable bonds is 5. The standard InChI is InChI=1S/C19H17FN4O2/c1-12-6-8-17(26-2)16(10-12)22-19(25)15-7-9-18(24-23-15)21-14-5-3-4-13(20)11-14/h3-11H,1-2H3,(H,21,24)(H,22,25). The quantitative estimate of drug-likeness (QED) is 0.728. The van der Waals surface area contributed by atoms with Gasteiger partial charge in [-0.3, -0.25) is 4.79 Å². The summed E-state index contributed by atoms with van der Waals surface area (Å²) in [6.07, 6.45) is 0. The van der Waals surface area contributed by atoms with Crippen LogP contribution in [0.4, 0.5) is 21.6 Å². The number of amides is 1. The molecule has 3 rings (SSSR count). The molecule has 0 saturated heterocycles.